The average Bonchev–Trinajstić information content (AvgIpc) is 2.94. The normalized spacial score (nSPS) is 23.3. The van der Waals surface area contributed by atoms with E-state index in [1.165, 1.54) is 55.9 Å². The lowest BCUT2D eigenvalue weighted by Gasteiger charge is -2.37. The average molecular weight is 511 g/mol. The fourth-order valence-electron chi connectivity index (χ4n) is 6.71. The van der Waals surface area contributed by atoms with Gasteiger partial charge in [-0.15, -0.1) is 0 Å². The van der Waals surface area contributed by atoms with Crippen LogP contribution >= 0.6 is 0 Å². The van der Waals surface area contributed by atoms with Crippen LogP contribution in [0.15, 0.2) is 132 Å². The first-order valence-electron chi connectivity index (χ1n) is 14.6. The summed E-state index contributed by atoms with van der Waals surface area (Å²) < 4.78 is 0. The molecule has 0 nitrogen and oxygen atoms in total. The number of benzene rings is 2. The standard InChI is InChI=1S/C39H42/c1-6-7-9-16-27(2)26-37(31-17-10-8-11-18-31)30(5)38-33-19-12-14-21-35(33)39(36-22-15-13-20-34(36)38)32-24-28(3)23-29(4)25-32/h8-24,26,32-33,35H,6-7,25H2,1-5H3. The summed E-state index contributed by atoms with van der Waals surface area (Å²) in [7, 11) is 0. The molecule has 0 amide bonds. The predicted molar refractivity (Wildman–Crippen MR) is 170 cm³/mol. The molecule has 0 heterocycles. The van der Waals surface area contributed by atoms with E-state index in [2.05, 4.69) is 144 Å². The Bertz CT molecular complexity index is 1560. The highest BCUT2D eigenvalue weighted by molar-refractivity contribution is 5.90. The Labute approximate surface area is 235 Å². The Hall–Kier alpha value is -3.64. The summed E-state index contributed by atoms with van der Waals surface area (Å²) >= 11 is 0. The number of hydrogen-bond acceptors (Lipinski definition) is 0. The first kappa shape index (κ1) is 26.9. The molecule has 0 aliphatic heterocycles. The predicted octanol–water partition coefficient (Wildman–Crippen LogP) is 9.05. The Balaban J connectivity index is 1.81. The molecule has 198 valence electrons. The van der Waals surface area contributed by atoms with E-state index in [9.17, 15) is 0 Å². The van der Waals surface area contributed by atoms with Gasteiger partial charge < -0.3 is 0 Å². The van der Waals surface area contributed by atoms with Crippen LogP contribution in [-0.2, 0) is 0 Å². The largest absolute Gasteiger partial charge is 0.0843 e. The van der Waals surface area contributed by atoms with Gasteiger partial charge in [-0.05, 0) is 78.8 Å². The van der Waals surface area contributed by atoms with Crippen LogP contribution in [0.1, 0.15) is 59.4 Å². The van der Waals surface area contributed by atoms with E-state index >= 15 is 0 Å². The lowest BCUT2D eigenvalue weighted by Crippen LogP contribution is -2.42. The molecule has 0 fully saturated rings. The molecule has 2 aromatic rings. The minimum absolute atomic E-state index is 0.322. The first-order chi connectivity index (χ1) is 19.0. The Morgan fingerprint density at radius 2 is 1.56 bits per heavy atom. The molecule has 0 aromatic heterocycles. The fraction of sp³-hybridized carbons (Fsp3) is 0.282. The number of allylic oxidation sites excluding steroid dienone is 14. The van der Waals surface area contributed by atoms with Gasteiger partial charge >= 0.3 is 0 Å². The van der Waals surface area contributed by atoms with Crippen molar-refractivity contribution in [1.29, 1.82) is 0 Å². The molecule has 3 aliphatic carbocycles. The van der Waals surface area contributed by atoms with E-state index in [1.54, 1.807) is 5.57 Å². The molecule has 0 saturated carbocycles. The molecule has 3 unspecified atom stereocenters. The van der Waals surface area contributed by atoms with E-state index < -0.39 is 0 Å². The summed E-state index contributed by atoms with van der Waals surface area (Å²) in [6.07, 6.45) is 24.6. The van der Waals surface area contributed by atoms with Crippen molar-refractivity contribution in [2.45, 2.75) is 53.9 Å². The van der Waals surface area contributed by atoms with Crippen molar-refractivity contribution in [2.24, 2.45) is 17.8 Å². The Morgan fingerprint density at radius 1 is 0.872 bits per heavy atom. The van der Waals surface area contributed by atoms with Gasteiger partial charge in [0.2, 0.25) is 0 Å². The van der Waals surface area contributed by atoms with E-state index in [0.29, 0.717) is 17.8 Å². The zero-order chi connectivity index (χ0) is 27.4. The summed E-state index contributed by atoms with van der Waals surface area (Å²) in [5, 5.41) is 2.82. The molecule has 0 saturated heterocycles. The SMILES string of the molecule is CCCC=CC(C)=CC(=C(C)C1=c2ccccc2=C(C2C=C(C)C=C(C)C2)C2C=CC=CC12)c1ccccc1. The molecule has 0 N–H and O–H groups in total. The van der Waals surface area contributed by atoms with Crippen molar-refractivity contribution in [3.8, 4) is 0 Å². The summed E-state index contributed by atoms with van der Waals surface area (Å²) in [5.41, 5.74) is 11.2. The maximum atomic E-state index is 2.50. The van der Waals surface area contributed by atoms with Gasteiger partial charge in [-0.2, -0.15) is 0 Å². The van der Waals surface area contributed by atoms with Gasteiger partial charge in [0.25, 0.3) is 0 Å². The van der Waals surface area contributed by atoms with Gasteiger partial charge in [0.15, 0.2) is 0 Å². The number of unbranched alkanes of at least 4 members (excludes halogenated alkanes) is 1. The maximum Gasteiger partial charge on any atom is 0.0131 e. The van der Waals surface area contributed by atoms with E-state index in [1.807, 2.05) is 0 Å². The van der Waals surface area contributed by atoms with Crippen LogP contribution in [0, 0.1) is 17.8 Å². The lowest BCUT2D eigenvalue weighted by molar-refractivity contribution is 0.620. The molecule has 5 rings (SSSR count). The van der Waals surface area contributed by atoms with Crippen molar-refractivity contribution in [1.82, 2.24) is 0 Å². The van der Waals surface area contributed by atoms with Crippen LogP contribution in [0.5, 0.6) is 0 Å². The molecular weight excluding hydrogens is 468 g/mol. The van der Waals surface area contributed by atoms with Crippen molar-refractivity contribution in [2.75, 3.05) is 0 Å². The van der Waals surface area contributed by atoms with E-state index in [0.717, 1.165) is 12.8 Å². The topological polar surface area (TPSA) is 0 Å². The first-order valence-corrected chi connectivity index (χ1v) is 14.6. The minimum Gasteiger partial charge on any atom is -0.0843 e. The third-order valence-electron chi connectivity index (χ3n) is 8.34. The third-order valence-corrected chi connectivity index (χ3v) is 8.34. The highest BCUT2D eigenvalue weighted by atomic mass is 14.4. The van der Waals surface area contributed by atoms with Crippen LogP contribution < -0.4 is 10.4 Å². The maximum absolute atomic E-state index is 2.50. The molecule has 39 heavy (non-hydrogen) atoms. The molecule has 0 heteroatoms. The molecule has 3 aliphatic rings. The molecular formula is C39H42. The quantitative estimate of drug-likeness (QED) is 0.326. The number of fused-ring (bicyclic) bond motifs is 2. The van der Waals surface area contributed by atoms with Crippen molar-refractivity contribution < 1.29 is 0 Å². The third kappa shape index (κ3) is 5.71. The molecule has 0 spiro atoms. The van der Waals surface area contributed by atoms with Gasteiger partial charge in [0, 0.05) is 17.8 Å². The van der Waals surface area contributed by atoms with Crippen LogP contribution in [0.4, 0.5) is 0 Å². The fourth-order valence-corrected chi connectivity index (χ4v) is 6.71. The van der Waals surface area contributed by atoms with Crippen LogP contribution in [-0.4, -0.2) is 0 Å². The Morgan fingerprint density at radius 3 is 2.28 bits per heavy atom. The van der Waals surface area contributed by atoms with Crippen molar-refractivity contribution in [3.63, 3.8) is 0 Å². The minimum atomic E-state index is 0.322. The summed E-state index contributed by atoms with van der Waals surface area (Å²) in [5.74, 6) is 1.12. The van der Waals surface area contributed by atoms with Gasteiger partial charge in [-0.1, -0.05) is 139 Å². The summed E-state index contributed by atoms with van der Waals surface area (Å²) in [6.45, 7) is 11.3. The van der Waals surface area contributed by atoms with Crippen LogP contribution in [0.25, 0.3) is 16.7 Å². The highest BCUT2D eigenvalue weighted by Gasteiger charge is 2.34. The smallest absolute Gasteiger partial charge is 0.0131 e. The lowest BCUT2D eigenvalue weighted by atomic mass is 9.66. The number of hydrogen-bond donors (Lipinski definition) is 0. The van der Waals surface area contributed by atoms with Crippen LogP contribution in [0.2, 0.25) is 0 Å². The second-order valence-electron chi connectivity index (χ2n) is 11.4. The van der Waals surface area contributed by atoms with Crippen molar-refractivity contribution >= 4 is 16.7 Å². The molecule has 0 radical (unpaired) electrons. The molecule has 2 aromatic carbocycles. The monoisotopic (exact) mass is 510 g/mol. The van der Waals surface area contributed by atoms with Gasteiger partial charge in [-0.3, -0.25) is 0 Å². The van der Waals surface area contributed by atoms with Crippen molar-refractivity contribution in [3.05, 3.63) is 148 Å². The zero-order valence-corrected chi connectivity index (χ0v) is 24.2. The molecule has 0 bridgehead atoms. The second-order valence-corrected chi connectivity index (χ2v) is 11.4. The zero-order valence-electron chi connectivity index (χ0n) is 24.2. The van der Waals surface area contributed by atoms with E-state index in [4.69, 9.17) is 0 Å². The summed E-state index contributed by atoms with van der Waals surface area (Å²) in [4.78, 5) is 0. The molecule has 3 atom stereocenters. The van der Waals surface area contributed by atoms with Gasteiger partial charge in [0.05, 0.1) is 0 Å². The Kier molecular flexibility index (Phi) is 8.32. The highest BCUT2D eigenvalue weighted by Crippen LogP contribution is 2.44. The number of rotatable bonds is 7. The van der Waals surface area contributed by atoms with E-state index in [-0.39, 0.29) is 0 Å². The van der Waals surface area contributed by atoms with Gasteiger partial charge in [0.1, 0.15) is 0 Å². The summed E-state index contributed by atoms with van der Waals surface area (Å²) in [6, 6.07) is 20.1. The van der Waals surface area contributed by atoms with Crippen LogP contribution in [0.3, 0.4) is 0 Å². The second kappa shape index (κ2) is 12.0. The van der Waals surface area contributed by atoms with Gasteiger partial charge in [-0.25, -0.2) is 0 Å².